The molecule has 132 valence electrons. The zero-order valence-corrected chi connectivity index (χ0v) is 15.0. The number of aromatic nitrogens is 3. The van der Waals surface area contributed by atoms with E-state index in [0.29, 0.717) is 0 Å². The highest BCUT2D eigenvalue weighted by Crippen LogP contribution is 2.32. The van der Waals surface area contributed by atoms with Gasteiger partial charge in [-0.05, 0) is 44.7 Å². The number of aryl methyl sites for hydroxylation is 2. The topological polar surface area (TPSA) is 54.3 Å². The van der Waals surface area contributed by atoms with Crippen molar-refractivity contribution >= 4 is 11.7 Å². The lowest BCUT2D eigenvalue weighted by Gasteiger charge is -2.25. The van der Waals surface area contributed by atoms with Gasteiger partial charge in [-0.1, -0.05) is 0 Å². The van der Waals surface area contributed by atoms with Crippen molar-refractivity contribution in [1.82, 2.24) is 19.4 Å². The predicted molar refractivity (Wildman–Crippen MR) is 96.6 cm³/mol. The van der Waals surface area contributed by atoms with Gasteiger partial charge in [-0.25, -0.2) is 9.97 Å². The van der Waals surface area contributed by atoms with E-state index in [-0.39, 0.29) is 11.9 Å². The fourth-order valence-corrected chi connectivity index (χ4v) is 4.06. The van der Waals surface area contributed by atoms with Crippen LogP contribution in [0.3, 0.4) is 0 Å². The van der Waals surface area contributed by atoms with Crippen molar-refractivity contribution in [2.24, 2.45) is 7.05 Å². The summed E-state index contributed by atoms with van der Waals surface area (Å²) in [7, 11) is 2.01. The Morgan fingerprint density at radius 3 is 2.72 bits per heavy atom. The smallest absolute Gasteiger partial charge is 0.254 e. The largest absolute Gasteiger partial charge is 0.357 e. The van der Waals surface area contributed by atoms with Crippen LogP contribution in [-0.2, 0) is 7.05 Å². The highest BCUT2D eigenvalue weighted by Gasteiger charge is 2.33. The summed E-state index contributed by atoms with van der Waals surface area (Å²) < 4.78 is 2.05. The molecule has 2 saturated heterocycles. The number of hydrogen-bond donors (Lipinski definition) is 0. The molecule has 2 aromatic heterocycles. The normalized spacial score (nSPS) is 20.5. The van der Waals surface area contributed by atoms with Crippen molar-refractivity contribution < 1.29 is 4.79 Å². The Morgan fingerprint density at radius 2 is 2.00 bits per heavy atom. The number of carbonyl (C=O) groups is 1. The molecule has 2 aromatic rings. The van der Waals surface area contributed by atoms with Gasteiger partial charge >= 0.3 is 0 Å². The van der Waals surface area contributed by atoms with E-state index in [1.54, 1.807) is 6.20 Å². The average molecular weight is 339 g/mol. The van der Waals surface area contributed by atoms with E-state index in [1.165, 1.54) is 12.8 Å². The Balaban J connectivity index is 1.59. The zero-order valence-electron chi connectivity index (χ0n) is 15.0. The standard InChI is InChI=1S/C19H25N5O/c1-14-13-22(2)18(21-14)16-6-5-11-24(16)19(25)15-7-8-20-17(12-15)23-9-3-4-10-23/h7-8,12-13,16H,3-6,9-11H2,1-2H3/t16-/m0/s1. The Hall–Kier alpha value is -2.37. The molecular weight excluding hydrogens is 314 g/mol. The molecule has 2 fully saturated rings. The van der Waals surface area contributed by atoms with Crippen LogP contribution in [0.25, 0.3) is 0 Å². The Morgan fingerprint density at radius 1 is 1.20 bits per heavy atom. The minimum atomic E-state index is 0.0644. The van der Waals surface area contributed by atoms with Crippen molar-refractivity contribution in [2.45, 2.75) is 38.6 Å². The maximum Gasteiger partial charge on any atom is 0.254 e. The Bertz CT molecular complexity index is 778. The number of anilines is 1. The molecule has 25 heavy (non-hydrogen) atoms. The first-order valence-corrected chi connectivity index (χ1v) is 9.15. The number of nitrogens with zero attached hydrogens (tertiary/aromatic N) is 5. The van der Waals surface area contributed by atoms with Crippen molar-refractivity contribution in [2.75, 3.05) is 24.5 Å². The van der Waals surface area contributed by atoms with Gasteiger partial charge < -0.3 is 14.4 Å². The number of rotatable bonds is 3. The molecule has 4 rings (SSSR count). The fourth-order valence-electron chi connectivity index (χ4n) is 4.06. The van der Waals surface area contributed by atoms with Gasteiger partial charge in [0, 0.05) is 44.6 Å². The number of imidazole rings is 1. The highest BCUT2D eigenvalue weighted by atomic mass is 16.2. The minimum Gasteiger partial charge on any atom is -0.357 e. The third kappa shape index (κ3) is 3.01. The number of amides is 1. The summed E-state index contributed by atoms with van der Waals surface area (Å²) in [5.74, 6) is 2.00. The molecule has 0 radical (unpaired) electrons. The molecule has 1 amide bonds. The van der Waals surface area contributed by atoms with E-state index in [0.717, 1.165) is 55.4 Å². The van der Waals surface area contributed by atoms with E-state index in [4.69, 9.17) is 0 Å². The maximum absolute atomic E-state index is 13.2. The molecule has 6 heteroatoms. The molecule has 2 aliphatic rings. The minimum absolute atomic E-state index is 0.0644. The van der Waals surface area contributed by atoms with Crippen LogP contribution in [0.15, 0.2) is 24.5 Å². The summed E-state index contributed by atoms with van der Waals surface area (Å²) in [5.41, 5.74) is 1.73. The molecule has 0 bridgehead atoms. The molecule has 0 N–H and O–H groups in total. The second-order valence-corrected chi connectivity index (χ2v) is 7.10. The number of hydrogen-bond acceptors (Lipinski definition) is 4. The van der Waals surface area contributed by atoms with Crippen LogP contribution in [0, 0.1) is 6.92 Å². The van der Waals surface area contributed by atoms with Crippen LogP contribution >= 0.6 is 0 Å². The first-order valence-electron chi connectivity index (χ1n) is 9.15. The lowest BCUT2D eigenvalue weighted by molar-refractivity contribution is 0.0728. The lowest BCUT2D eigenvalue weighted by Crippen LogP contribution is -2.32. The summed E-state index contributed by atoms with van der Waals surface area (Å²) in [5, 5.41) is 0. The third-order valence-electron chi connectivity index (χ3n) is 5.27. The van der Waals surface area contributed by atoms with Gasteiger partial charge in [0.25, 0.3) is 5.91 Å². The van der Waals surface area contributed by atoms with Crippen LogP contribution in [0.1, 0.15) is 53.6 Å². The number of pyridine rings is 1. The van der Waals surface area contributed by atoms with Crippen LogP contribution < -0.4 is 4.90 Å². The fraction of sp³-hybridized carbons (Fsp3) is 0.526. The summed E-state index contributed by atoms with van der Waals surface area (Å²) in [6.07, 6.45) is 8.18. The van der Waals surface area contributed by atoms with E-state index in [1.807, 2.05) is 41.8 Å². The molecule has 0 aliphatic carbocycles. The van der Waals surface area contributed by atoms with Crippen molar-refractivity contribution in [1.29, 1.82) is 0 Å². The predicted octanol–water partition coefficient (Wildman–Crippen LogP) is 2.70. The van der Waals surface area contributed by atoms with Gasteiger partial charge in [-0.3, -0.25) is 4.79 Å². The Labute approximate surface area is 148 Å². The van der Waals surface area contributed by atoms with E-state index >= 15 is 0 Å². The quantitative estimate of drug-likeness (QED) is 0.863. The monoisotopic (exact) mass is 339 g/mol. The summed E-state index contributed by atoms with van der Waals surface area (Å²) >= 11 is 0. The van der Waals surface area contributed by atoms with Crippen LogP contribution in [-0.4, -0.2) is 45.0 Å². The summed E-state index contributed by atoms with van der Waals surface area (Å²) in [4.78, 5) is 26.5. The number of likely N-dealkylation sites (tertiary alicyclic amines) is 1. The first kappa shape index (κ1) is 16.1. The lowest BCUT2D eigenvalue weighted by atomic mass is 10.1. The van der Waals surface area contributed by atoms with Crippen LogP contribution in [0.4, 0.5) is 5.82 Å². The van der Waals surface area contributed by atoms with Crippen LogP contribution in [0.2, 0.25) is 0 Å². The summed E-state index contributed by atoms with van der Waals surface area (Å²) in [6, 6.07) is 3.85. The van der Waals surface area contributed by atoms with E-state index in [2.05, 4.69) is 14.9 Å². The number of carbonyl (C=O) groups excluding carboxylic acids is 1. The Kier molecular flexibility index (Phi) is 4.19. The maximum atomic E-state index is 13.2. The van der Waals surface area contributed by atoms with Gasteiger partial charge in [0.1, 0.15) is 11.6 Å². The molecular formula is C19H25N5O. The molecule has 0 aromatic carbocycles. The third-order valence-corrected chi connectivity index (χ3v) is 5.27. The molecule has 0 unspecified atom stereocenters. The van der Waals surface area contributed by atoms with E-state index < -0.39 is 0 Å². The molecule has 0 saturated carbocycles. The van der Waals surface area contributed by atoms with Crippen molar-refractivity contribution in [3.8, 4) is 0 Å². The second-order valence-electron chi connectivity index (χ2n) is 7.10. The highest BCUT2D eigenvalue weighted by molar-refractivity contribution is 5.95. The first-order chi connectivity index (χ1) is 12.1. The second kappa shape index (κ2) is 6.50. The molecule has 1 atom stereocenters. The zero-order chi connectivity index (χ0) is 17.4. The molecule has 0 spiro atoms. The molecule has 6 nitrogen and oxygen atoms in total. The van der Waals surface area contributed by atoms with Gasteiger partial charge in [0.2, 0.25) is 0 Å². The van der Waals surface area contributed by atoms with Crippen LogP contribution in [0.5, 0.6) is 0 Å². The van der Waals surface area contributed by atoms with Gasteiger partial charge in [-0.2, -0.15) is 0 Å². The van der Waals surface area contributed by atoms with Gasteiger partial charge in [0.05, 0.1) is 11.7 Å². The van der Waals surface area contributed by atoms with Gasteiger partial charge in [-0.15, -0.1) is 0 Å². The molecule has 4 heterocycles. The summed E-state index contributed by atoms with van der Waals surface area (Å²) in [6.45, 7) is 4.85. The van der Waals surface area contributed by atoms with Gasteiger partial charge in [0.15, 0.2) is 0 Å². The van der Waals surface area contributed by atoms with Crippen molar-refractivity contribution in [3.63, 3.8) is 0 Å². The van der Waals surface area contributed by atoms with E-state index in [9.17, 15) is 4.79 Å². The molecule has 2 aliphatic heterocycles. The van der Waals surface area contributed by atoms with Crippen molar-refractivity contribution in [3.05, 3.63) is 41.6 Å². The average Bonchev–Trinajstić information content (AvgIpc) is 3.35. The SMILES string of the molecule is Cc1cn(C)c([C@@H]2CCCN2C(=O)c2ccnc(N3CCCC3)c2)n1.